The SMILES string of the molecule is N=C1CC=CC(=O)N1CC1CCC=CC1C1CC1. The summed E-state index contributed by atoms with van der Waals surface area (Å²) in [5.74, 6) is 2.50. The molecule has 0 bridgehead atoms. The summed E-state index contributed by atoms with van der Waals surface area (Å²) in [6.45, 7) is 0.744. The van der Waals surface area contributed by atoms with E-state index in [1.807, 2.05) is 0 Å². The van der Waals surface area contributed by atoms with Gasteiger partial charge in [-0.3, -0.25) is 15.1 Å². The molecule has 1 saturated carbocycles. The third-order valence-electron chi connectivity index (χ3n) is 4.35. The highest BCUT2D eigenvalue weighted by atomic mass is 16.2. The molecule has 2 aliphatic carbocycles. The highest BCUT2D eigenvalue weighted by Gasteiger charge is 2.37. The molecule has 1 heterocycles. The summed E-state index contributed by atoms with van der Waals surface area (Å²) >= 11 is 0. The molecule has 0 aromatic carbocycles. The van der Waals surface area contributed by atoms with Gasteiger partial charge in [-0.2, -0.15) is 0 Å². The zero-order chi connectivity index (χ0) is 12.5. The summed E-state index contributed by atoms with van der Waals surface area (Å²) in [5, 5.41) is 7.92. The zero-order valence-electron chi connectivity index (χ0n) is 10.6. The fourth-order valence-electron chi connectivity index (χ4n) is 3.19. The van der Waals surface area contributed by atoms with Crippen LogP contribution in [-0.4, -0.2) is 23.2 Å². The van der Waals surface area contributed by atoms with E-state index in [-0.39, 0.29) is 5.91 Å². The van der Waals surface area contributed by atoms with Crippen molar-refractivity contribution in [3.63, 3.8) is 0 Å². The Kier molecular flexibility index (Phi) is 3.06. The molecule has 3 nitrogen and oxygen atoms in total. The molecule has 1 aliphatic heterocycles. The zero-order valence-corrected chi connectivity index (χ0v) is 10.6. The lowest BCUT2D eigenvalue weighted by molar-refractivity contribution is -0.123. The summed E-state index contributed by atoms with van der Waals surface area (Å²) in [4.78, 5) is 13.5. The Hall–Kier alpha value is -1.38. The van der Waals surface area contributed by atoms with Crippen molar-refractivity contribution in [1.82, 2.24) is 4.90 Å². The molecule has 1 N–H and O–H groups in total. The average molecular weight is 244 g/mol. The number of amides is 1. The molecule has 3 rings (SSSR count). The Bertz CT molecular complexity index is 420. The van der Waals surface area contributed by atoms with Gasteiger partial charge in [0.1, 0.15) is 5.84 Å². The summed E-state index contributed by atoms with van der Waals surface area (Å²) in [5.41, 5.74) is 0. The Balaban J connectivity index is 1.70. The number of rotatable bonds is 3. The maximum absolute atomic E-state index is 11.9. The minimum absolute atomic E-state index is 0.00431. The summed E-state index contributed by atoms with van der Waals surface area (Å²) in [6.07, 6.45) is 13.6. The molecule has 1 fully saturated rings. The van der Waals surface area contributed by atoms with E-state index in [1.54, 1.807) is 17.1 Å². The molecule has 0 radical (unpaired) electrons. The van der Waals surface area contributed by atoms with E-state index in [0.717, 1.165) is 18.9 Å². The molecule has 3 heteroatoms. The molecular weight excluding hydrogens is 224 g/mol. The van der Waals surface area contributed by atoms with Crippen LogP contribution in [0.5, 0.6) is 0 Å². The highest BCUT2D eigenvalue weighted by molar-refractivity contribution is 6.05. The lowest BCUT2D eigenvalue weighted by Crippen LogP contribution is -2.42. The Labute approximate surface area is 108 Å². The second kappa shape index (κ2) is 4.71. The molecule has 1 amide bonds. The molecular formula is C15H20N2O. The summed E-state index contributed by atoms with van der Waals surface area (Å²) in [7, 11) is 0. The van der Waals surface area contributed by atoms with Crippen molar-refractivity contribution in [2.75, 3.05) is 6.54 Å². The van der Waals surface area contributed by atoms with Crippen molar-refractivity contribution in [2.45, 2.75) is 32.1 Å². The summed E-state index contributed by atoms with van der Waals surface area (Å²) < 4.78 is 0. The first kappa shape index (κ1) is 11.7. The van der Waals surface area contributed by atoms with Crippen LogP contribution in [0, 0.1) is 23.2 Å². The van der Waals surface area contributed by atoms with Gasteiger partial charge in [0.15, 0.2) is 0 Å². The van der Waals surface area contributed by atoms with Gasteiger partial charge < -0.3 is 0 Å². The van der Waals surface area contributed by atoms with E-state index in [1.165, 1.54) is 19.3 Å². The summed E-state index contributed by atoms with van der Waals surface area (Å²) in [6, 6.07) is 0. The number of amidine groups is 1. The first-order valence-electron chi connectivity index (χ1n) is 6.98. The van der Waals surface area contributed by atoms with E-state index in [2.05, 4.69) is 12.2 Å². The molecule has 3 aliphatic rings. The van der Waals surface area contributed by atoms with Gasteiger partial charge in [-0.05, 0) is 49.5 Å². The van der Waals surface area contributed by atoms with Crippen LogP contribution < -0.4 is 0 Å². The third kappa shape index (κ3) is 2.26. The van der Waals surface area contributed by atoms with Crippen molar-refractivity contribution in [3.05, 3.63) is 24.3 Å². The van der Waals surface area contributed by atoms with E-state index in [9.17, 15) is 4.79 Å². The number of nitrogens with one attached hydrogen (secondary N) is 1. The standard InChI is InChI=1S/C15H20N2O/c16-14-6-3-7-15(18)17(14)10-12-4-1-2-5-13(12)11-8-9-11/h2-3,5,7,11-13,16H,1,4,6,8-10H2. The van der Waals surface area contributed by atoms with Crippen LogP contribution in [0.2, 0.25) is 0 Å². The van der Waals surface area contributed by atoms with Gasteiger partial charge in [-0.25, -0.2) is 0 Å². The van der Waals surface area contributed by atoms with Crippen molar-refractivity contribution < 1.29 is 4.79 Å². The number of nitrogens with zero attached hydrogens (tertiary/aromatic N) is 1. The van der Waals surface area contributed by atoms with E-state index >= 15 is 0 Å². The molecule has 0 aromatic rings. The quantitative estimate of drug-likeness (QED) is 0.762. The average Bonchev–Trinajstić information content (AvgIpc) is 3.19. The monoisotopic (exact) mass is 244 g/mol. The lowest BCUT2D eigenvalue weighted by atomic mass is 9.80. The molecule has 2 atom stereocenters. The van der Waals surface area contributed by atoms with Crippen LogP contribution in [0.25, 0.3) is 0 Å². The Morgan fingerprint density at radius 2 is 2.11 bits per heavy atom. The topological polar surface area (TPSA) is 44.2 Å². The number of hydrogen-bond acceptors (Lipinski definition) is 2. The minimum Gasteiger partial charge on any atom is -0.297 e. The normalized spacial score (nSPS) is 32.1. The van der Waals surface area contributed by atoms with Crippen LogP contribution in [0.15, 0.2) is 24.3 Å². The second-order valence-corrected chi connectivity index (χ2v) is 5.68. The first-order valence-corrected chi connectivity index (χ1v) is 6.98. The lowest BCUT2D eigenvalue weighted by Gasteiger charge is -2.33. The van der Waals surface area contributed by atoms with Crippen molar-refractivity contribution in [3.8, 4) is 0 Å². The van der Waals surface area contributed by atoms with Crippen LogP contribution in [-0.2, 0) is 4.79 Å². The van der Waals surface area contributed by atoms with Gasteiger partial charge in [-0.15, -0.1) is 0 Å². The van der Waals surface area contributed by atoms with Crippen LogP contribution in [0.4, 0.5) is 0 Å². The van der Waals surface area contributed by atoms with Gasteiger partial charge in [-0.1, -0.05) is 18.2 Å². The van der Waals surface area contributed by atoms with Gasteiger partial charge in [0, 0.05) is 13.0 Å². The second-order valence-electron chi connectivity index (χ2n) is 5.68. The molecule has 18 heavy (non-hydrogen) atoms. The smallest absolute Gasteiger partial charge is 0.251 e. The number of carbonyl (C=O) groups excluding carboxylic acids is 1. The van der Waals surface area contributed by atoms with E-state index in [0.29, 0.717) is 24.1 Å². The Morgan fingerprint density at radius 1 is 1.28 bits per heavy atom. The first-order chi connectivity index (χ1) is 8.75. The van der Waals surface area contributed by atoms with Gasteiger partial charge in [0.05, 0.1) is 0 Å². The van der Waals surface area contributed by atoms with Crippen LogP contribution >= 0.6 is 0 Å². The fraction of sp³-hybridized carbons (Fsp3) is 0.600. The third-order valence-corrected chi connectivity index (χ3v) is 4.35. The number of carbonyl (C=O) groups is 1. The van der Waals surface area contributed by atoms with Gasteiger partial charge >= 0.3 is 0 Å². The molecule has 2 unspecified atom stereocenters. The maximum atomic E-state index is 11.9. The Morgan fingerprint density at radius 3 is 2.83 bits per heavy atom. The van der Waals surface area contributed by atoms with Crippen molar-refractivity contribution in [1.29, 1.82) is 5.41 Å². The molecule has 0 spiro atoms. The largest absolute Gasteiger partial charge is 0.297 e. The van der Waals surface area contributed by atoms with Gasteiger partial charge in [0.25, 0.3) is 5.91 Å². The van der Waals surface area contributed by atoms with E-state index < -0.39 is 0 Å². The van der Waals surface area contributed by atoms with E-state index in [4.69, 9.17) is 5.41 Å². The van der Waals surface area contributed by atoms with Crippen LogP contribution in [0.1, 0.15) is 32.1 Å². The fourth-order valence-corrected chi connectivity index (χ4v) is 3.19. The molecule has 0 saturated heterocycles. The van der Waals surface area contributed by atoms with Crippen molar-refractivity contribution in [2.24, 2.45) is 17.8 Å². The maximum Gasteiger partial charge on any atom is 0.251 e. The van der Waals surface area contributed by atoms with Crippen molar-refractivity contribution >= 4 is 11.7 Å². The number of allylic oxidation sites excluding steroid dienone is 2. The number of hydrogen-bond donors (Lipinski definition) is 1. The highest BCUT2D eigenvalue weighted by Crippen LogP contribution is 2.44. The predicted octanol–water partition coefficient (Wildman–Crippen LogP) is 2.74. The van der Waals surface area contributed by atoms with Crippen LogP contribution in [0.3, 0.4) is 0 Å². The van der Waals surface area contributed by atoms with Gasteiger partial charge in [0.2, 0.25) is 0 Å². The molecule has 96 valence electrons. The predicted molar refractivity (Wildman–Crippen MR) is 71.3 cm³/mol. The molecule has 0 aromatic heterocycles. The minimum atomic E-state index is -0.00431.